The third-order valence-corrected chi connectivity index (χ3v) is 4.57. The van der Waals surface area contributed by atoms with Crippen molar-refractivity contribution in [2.75, 3.05) is 27.3 Å². The fraction of sp³-hybridized carbons (Fsp3) is 0.500. The molecular formula is C18H24N2O3. The van der Waals surface area contributed by atoms with E-state index in [2.05, 4.69) is 0 Å². The minimum absolute atomic E-state index is 0.0249. The van der Waals surface area contributed by atoms with Crippen molar-refractivity contribution in [2.45, 2.75) is 25.4 Å². The number of amides is 1. The summed E-state index contributed by atoms with van der Waals surface area (Å²) in [5.41, 5.74) is 1.68. The van der Waals surface area contributed by atoms with Crippen LogP contribution in [0.25, 0.3) is 10.9 Å². The van der Waals surface area contributed by atoms with Gasteiger partial charge in [-0.05, 0) is 37.5 Å². The van der Waals surface area contributed by atoms with E-state index in [0.29, 0.717) is 12.2 Å². The predicted octanol–water partition coefficient (Wildman–Crippen LogP) is 2.83. The number of hydrogen-bond acceptors (Lipinski definition) is 3. The van der Waals surface area contributed by atoms with Gasteiger partial charge in [0.05, 0.1) is 18.7 Å². The first-order chi connectivity index (χ1) is 11.1. The molecule has 0 aliphatic carbocycles. The molecule has 1 aliphatic heterocycles. The van der Waals surface area contributed by atoms with Crippen LogP contribution in [-0.2, 0) is 11.8 Å². The van der Waals surface area contributed by atoms with E-state index in [-0.39, 0.29) is 12.0 Å². The molecule has 1 atom stereocenters. The second-order valence-electron chi connectivity index (χ2n) is 6.19. The molecule has 23 heavy (non-hydrogen) atoms. The Kier molecular flexibility index (Phi) is 4.57. The molecule has 0 N–H and O–H groups in total. The number of carbonyl (C=O) groups is 1. The lowest BCUT2D eigenvalue weighted by Gasteiger charge is -2.27. The van der Waals surface area contributed by atoms with Crippen molar-refractivity contribution in [3.8, 4) is 5.75 Å². The molecule has 3 rings (SSSR count). The standard InChI is InChI=1S/C18H24N2O3/c1-19(12-15-6-4-5-9-23-15)18(21)17-10-13-7-8-14(22-3)11-16(13)20(17)2/h7-8,10-11,15H,4-6,9,12H2,1-3H3/t15-/m0/s1. The number of benzene rings is 1. The normalized spacial score (nSPS) is 18.1. The molecule has 0 radical (unpaired) electrons. The van der Waals surface area contributed by atoms with Gasteiger partial charge in [-0.3, -0.25) is 4.79 Å². The van der Waals surface area contributed by atoms with Crippen molar-refractivity contribution in [3.63, 3.8) is 0 Å². The summed E-state index contributed by atoms with van der Waals surface area (Å²) in [7, 11) is 5.41. The van der Waals surface area contributed by atoms with Crippen molar-refractivity contribution in [2.24, 2.45) is 7.05 Å². The van der Waals surface area contributed by atoms with Gasteiger partial charge in [-0.15, -0.1) is 0 Å². The third-order valence-electron chi connectivity index (χ3n) is 4.57. The molecule has 2 aromatic rings. The van der Waals surface area contributed by atoms with Crippen molar-refractivity contribution in [1.29, 1.82) is 0 Å². The summed E-state index contributed by atoms with van der Waals surface area (Å²) >= 11 is 0. The third kappa shape index (κ3) is 3.20. The second kappa shape index (κ2) is 6.62. The number of aryl methyl sites for hydroxylation is 1. The summed E-state index contributed by atoms with van der Waals surface area (Å²) < 4.78 is 12.9. The van der Waals surface area contributed by atoms with Crippen molar-refractivity contribution >= 4 is 16.8 Å². The van der Waals surface area contributed by atoms with Crippen LogP contribution in [0.2, 0.25) is 0 Å². The van der Waals surface area contributed by atoms with E-state index in [4.69, 9.17) is 9.47 Å². The minimum atomic E-state index is 0.0249. The molecule has 1 amide bonds. The molecule has 5 heteroatoms. The lowest BCUT2D eigenvalue weighted by Crippen LogP contribution is -2.37. The summed E-state index contributed by atoms with van der Waals surface area (Å²) in [5, 5.41) is 1.04. The van der Waals surface area contributed by atoms with Crippen molar-refractivity contribution in [3.05, 3.63) is 30.0 Å². The molecule has 0 saturated carbocycles. The van der Waals surface area contributed by atoms with Gasteiger partial charge in [-0.2, -0.15) is 0 Å². The summed E-state index contributed by atoms with van der Waals surface area (Å²) in [4.78, 5) is 14.5. The highest BCUT2D eigenvalue weighted by molar-refractivity contribution is 5.98. The molecule has 0 bridgehead atoms. The highest BCUT2D eigenvalue weighted by Crippen LogP contribution is 2.24. The summed E-state index contributed by atoms with van der Waals surface area (Å²) in [6.45, 7) is 1.45. The average molecular weight is 316 g/mol. The minimum Gasteiger partial charge on any atom is -0.497 e. The molecule has 124 valence electrons. The lowest BCUT2D eigenvalue weighted by atomic mass is 10.1. The van der Waals surface area contributed by atoms with E-state index in [1.54, 1.807) is 12.0 Å². The summed E-state index contributed by atoms with van der Waals surface area (Å²) in [6, 6.07) is 7.79. The predicted molar refractivity (Wildman–Crippen MR) is 90.0 cm³/mol. The number of aromatic nitrogens is 1. The zero-order valence-electron chi connectivity index (χ0n) is 14.0. The zero-order valence-corrected chi connectivity index (χ0v) is 14.0. The molecule has 1 aromatic heterocycles. The van der Waals surface area contributed by atoms with E-state index in [0.717, 1.165) is 36.1 Å². The van der Waals surface area contributed by atoms with Gasteiger partial charge in [-0.1, -0.05) is 0 Å². The first-order valence-corrected chi connectivity index (χ1v) is 8.10. The van der Waals surface area contributed by atoms with Gasteiger partial charge in [0.1, 0.15) is 11.4 Å². The number of likely N-dealkylation sites (N-methyl/N-ethyl adjacent to an activating group) is 1. The van der Waals surface area contributed by atoms with Crippen LogP contribution in [0.4, 0.5) is 0 Å². The van der Waals surface area contributed by atoms with Crippen LogP contribution >= 0.6 is 0 Å². The van der Waals surface area contributed by atoms with Gasteiger partial charge in [0.25, 0.3) is 5.91 Å². The monoisotopic (exact) mass is 316 g/mol. The number of rotatable bonds is 4. The number of methoxy groups -OCH3 is 1. The molecule has 5 nitrogen and oxygen atoms in total. The van der Waals surface area contributed by atoms with Gasteiger partial charge in [-0.25, -0.2) is 0 Å². The van der Waals surface area contributed by atoms with E-state index >= 15 is 0 Å². The van der Waals surface area contributed by atoms with Crippen LogP contribution in [0.1, 0.15) is 29.8 Å². The van der Waals surface area contributed by atoms with Crippen LogP contribution < -0.4 is 4.74 Å². The van der Waals surface area contributed by atoms with Crippen molar-refractivity contribution < 1.29 is 14.3 Å². The Morgan fingerprint density at radius 1 is 1.39 bits per heavy atom. The van der Waals surface area contributed by atoms with Gasteiger partial charge in [0, 0.05) is 38.7 Å². The number of carbonyl (C=O) groups excluding carboxylic acids is 1. The van der Waals surface area contributed by atoms with E-state index in [1.165, 1.54) is 6.42 Å². The van der Waals surface area contributed by atoms with Gasteiger partial charge in [0.15, 0.2) is 0 Å². The molecule has 0 spiro atoms. The topological polar surface area (TPSA) is 43.7 Å². The van der Waals surface area contributed by atoms with Gasteiger partial charge in [0.2, 0.25) is 0 Å². The lowest BCUT2D eigenvalue weighted by molar-refractivity contribution is -0.000345. The largest absolute Gasteiger partial charge is 0.497 e. The van der Waals surface area contributed by atoms with Crippen LogP contribution in [0, 0.1) is 0 Å². The Balaban J connectivity index is 1.80. The van der Waals surface area contributed by atoms with Crippen LogP contribution in [0.15, 0.2) is 24.3 Å². The summed E-state index contributed by atoms with van der Waals surface area (Å²) in [5.74, 6) is 0.818. The quantitative estimate of drug-likeness (QED) is 0.871. The molecule has 1 aliphatic rings. The van der Waals surface area contributed by atoms with E-state index in [9.17, 15) is 4.79 Å². The first-order valence-electron chi connectivity index (χ1n) is 8.10. The highest BCUT2D eigenvalue weighted by Gasteiger charge is 2.22. The number of fused-ring (bicyclic) bond motifs is 1. The molecule has 0 unspecified atom stereocenters. The Labute approximate surface area is 136 Å². The maximum Gasteiger partial charge on any atom is 0.270 e. The Bertz CT molecular complexity index is 702. The second-order valence-corrected chi connectivity index (χ2v) is 6.19. The summed E-state index contributed by atoms with van der Waals surface area (Å²) in [6.07, 6.45) is 3.50. The van der Waals surface area contributed by atoms with Crippen LogP contribution in [0.3, 0.4) is 0 Å². The smallest absolute Gasteiger partial charge is 0.270 e. The van der Waals surface area contributed by atoms with Crippen LogP contribution in [-0.4, -0.2) is 48.8 Å². The molecule has 1 fully saturated rings. The molecule has 1 saturated heterocycles. The SMILES string of the molecule is COc1ccc2cc(C(=O)N(C)C[C@@H]3CCCCO3)n(C)c2c1. The van der Waals surface area contributed by atoms with Crippen molar-refractivity contribution in [1.82, 2.24) is 9.47 Å². The van der Waals surface area contributed by atoms with E-state index < -0.39 is 0 Å². The van der Waals surface area contributed by atoms with Crippen LogP contribution in [0.5, 0.6) is 5.75 Å². The maximum atomic E-state index is 12.8. The highest BCUT2D eigenvalue weighted by atomic mass is 16.5. The van der Waals surface area contributed by atoms with Gasteiger partial charge >= 0.3 is 0 Å². The average Bonchev–Trinajstić information content (AvgIpc) is 2.91. The molecule has 2 heterocycles. The first kappa shape index (κ1) is 15.9. The Morgan fingerprint density at radius 2 is 2.22 bits per heavy atom. The van der Waals surface area contributed by atoms with Gasteiger partial charge < -0.3 is 18.9 Å². The Hall–Kier alpha value is -2.01. The fourth-order valence-electron chi connectivity index (χ4n) is 3.18. The fourth-order valence-corrected chi connectivity index (χ4v) is 3.18. The molecule has 1 aromatic carbocycles. The number of ether oxygens (including phenoxy) is 2. The zero-order chi connectivity index (χ0) is 16.4. The van der Waals surface area contributed by atoms with E-state index in [1.807, 2.05) is 42.9 Å². The Morgan fingerprint density at radius 3 is 2.91 bits per heavy atom. The maximum absolute atomic E-state index is 12.8. The molecular weight excluding hydrogens is 292 g/mol. The number of nitrogens with zero attached hydrogens (tertiary/aromatic N) is 2. The number of hydrogen-bond donors (Lipinski definition) is 0.